The predicted molar refractivity (Wildman–Crippen MR) is 77.9 cm³/mol. The average Bonchev–Trinajstić information content (AvgIpc) is 3.08. The zero-order chi connectivity index (χ0) is 12.5. The number of pyridine rings is 1. The Morgan fingerprint density at radius 3 is 3.00 bits per heavy atom. The fourth-order valence-corrected chi connectivity index (χ4v) is 3.31. The molecule has 2 aliphatic rings. The molecule has 4 heteroatoms. The molecule has 0 amide bonds. The standard InChI is InChI=1S/C14H20BrN3/c1-10-6-13(15)14(16-7-10)17-8-11-4-5-18(9-11)12-2-3-12/h6-7,11-12H,2-5,8-9H2,1H3,(H,16,17). The first-order chi connectivity index (χ1) is 8.72. The van der Waals surface area contributed by atoms with Crippen molar-refractivity contribution in [2.45, 2.75) is 32.2 Å². The number of nitrogens with zero attached hydrogens (tertiary/aromatic N) is 2. The quantitative estimate of drug-likeness (QED) is 0.926. The van der Waals surface area contributed by atoms with Crippen molar-refractivity contribution in [2.75, 3.05) is 25.0 Å². The SMILES string of the molecule is Cc1cnc(NCC2CCN(C3CC3)C2)c(Br)c1. The maximum absolute atomic E-state index is 4.43. The third kappa shape index (κ3) is 2.86. The molecule has 0 spiro atoms. The molecule has 3 nitrogen and oxygen atoms in total. The normalized spacial score (nSPS) is 24.4. The van der Waals surface area contributed by atoms with Gasteiger partial charge in [0.05, 0.1) is 4.47 Å². The van der Waals surface area contributed by atoms with Crippen molar-refractivity contribution in [3.63, 3.8) is 0 Å². The minimum Gasteiger partial charge on any atom is -0.369 e. The van der Waals surface area contributed by atoms with Crippen LogP contribution in [0.4, 0.5) is 5.82 Å². The Hall–Kier alpha value is -0.610. The molecule has 0 bridgehead atoms. The highest BCUT2D eigenvalue weighted by Crippen LogP contribution is 2.32. The van der Waals surface area contributed by atoms with Gasteiger partial charge in [0.25, 0.3) is 0 Å². The molecule has 1 aromatic rings. The first-order valence-electron chi connectivity index (χ1n) is 6.82. The first-order valence-corrected chi connectivity index (χ1v) is 7.62. The summed E-state index contributed by atoms with van der Waals surface area (Å²) in [5, 5.41) is 3.48. The van der Waals surface area contributed by atoms with E-state index in [4.69, 9.17) is 0 Å². The van der Waals surface area contributed by atoms with E-state index in [1.807, 2.05) is 6.20 Å². The van der Waals surface area contributed by atoms with Gasteiger partial charge in [0, 0.05) is 25.3 Å². The van der Waals surface area contributed by atoms with Gasteiger partial charge in [0.15, 0.2) is 0 Å². The number of hydrogen-bond acceptors (Lipinski definition) is 3. The number of halogens is 1. The zero-order valence-corrected chi connectivity index (χ0v) is 12.4. The number of nitrogens with one attached hydrogen (secondary N) is 1. The molecular weight excluding hydrogens is 290 g/mol. The number of likely N-dealkylation sites (tertiary alicyclic amines) is 1. The molecule has 1 aliphatic carbocycles. The molecule has 1 saturated carbocycles. The number of aryl methyl sites for hydroxylation is 1. The summed E-state index contributed by atoms with van der Waals surface area (Å²) in [4.78, 5) is 7.09. The molecule has 98 valence electrons. The molecule has 1 atom stereocenters. The van der Waals surface area contributed by atoms with Crippen molar-refractivity contribution < 1.29 is 0 Å². The Kier molecular flexibility index (Phi) is 3.57. The van der Waals surface area contributed by atoms with Gasteiger partial charge in [-0.1, -0.05) is 0 Å². The van der Waals surface area contributed by atoms with Gasteiger partial charge < -0.3 is 10.2 Å². The van der Waals surface area contributed by atoms with Crippen LogP contribution in [0.3, 0.4) is 0 Å². The maximum Gasteiger partial charge on any atom is 0.140 e. The lowest BCUT2D eigenvalue weighted by Crippen LogP contribution is -2.25. The van der Waals surface area contributed by atoms with Crippen LogP contribution in [0.1, 0.15) is 24.8 Å². The summed E-state index contributed by atoms with van der Waals surface area (Å²) in [7, 11) is 0. The fraction of sp³-hybridized carbons (Fsp3) is 0.643. The molecule has 1 aromatic heterocycles. The zero-order valence-electron chi connectivity index (χ0n) is 10.8. The van der Waals surface area contributed by atoms with E-state index in [0.717, 1.165) is 28.8 Å². The van der Waals surface area contributed by atoms with Crippen LogP contribution in [0.15, 0.2) is 16.7 Å². The van der Waals surface area contributed by atoms with E-state index in [2.05, 4.69) is 44.1 Å². The molecule has 1 saturated heterocycles. The highest BCUT2D eigenvalue weighted by atomic mass is 79.9. The molecule has 0 aromatic carbocycles. The van der Waals surface area contributed by atoms with Gasteiger partial charge in [-0.25, -0.2) is 4.98 Å². The number of hydrogen-bond donors (Lipinski definition) is 1. The summed E-state index contributed by atoms with van der Waals surface area (Å²) < 4.78 is 1.07. The van der Waals surface area contributed by atoms with Gasteiger partial charge in [-0.15, -0.1) is 0 Å². The van der Waals surface area contributed by atoms with E-state index in [-0.39, 0.29) is 0 Å². The number of anilines is 1. The van der Waals surface area contributed by atoms with Gasteiger partial charge >= 0.3 is 0 Å². The second-order valence-corrected chi connectivity index (χ2v) is 6.46. The fourth-order valence-electron chi connectivity index (χ4n) is 2.71. The Balaban J connectivity index is 1.51. The van der Waals surface area contributed by atoms with E-state index >= 15 is 0 Å². The predicted octanol–water partition coefficient (Wildman–Crippen LogP) is 3.05. The van der Waals surface area contributed by atoms with Crippen LogP contribution in [0.25, 0.3) is 0 Å². The summed E-state index contributed by atoms with van der Waals surface area (Å²) in [6.07, 6.45) is 6.08. The molecule has 2 fully saturated rings. The summed E-state index contributed by atoms with van der Waals surface area (Å²) in [6, 6.07) is 3.03. The number of aromatic nitrogens is 1. The average molecular weight is 310 g/mol. The maximum atomic E-state index is 4.43. The molecule has 0 radical (unpaired) electrons. The monoisotopic (exact) mass is 309 g/mol. The van der Waals surface area contributed by atoms with E-state index in [9.17, 15) is 0 Å². The minimum atomic E-state index is 0.778. The number of rotatable bonds is 4. The summed E-state index contributed by atoms with van der Waals surface area (Å²) in [5.74, 6) is 1.76. The van der Waals surface area contributed by atoms with Crippen molar-refractivity contribution in [1.82, 2.24) is 9.88 Å². The summed E-state index contributed by atoms with van der Waals surface area (Å²) >= 11 is 3.57. The minimum absolute atomic E-state index is 0.778. The third-order valence-corrected chi connectivity index (χ3v) is 4.52. The smallest absolute Gasteiger partial charge is 0.140 e. The molecule has 18 heavy (non-hydrogen) atoms. The van der Waals surface area contributed by atoms with Gasteiger partial charge in [0.2, 0.25) is 0 Å². The van der Waals surface area contributed by atoms with Gasteiger partial charge in [0.1, 0.15) is 5.82 Å². The van der Waals surface area contributed by atoms with Crippen LogP contribution in [-0.4, -0.2) is 35.6 Å². The molecule has 1 N–H and O–H groups in total. The molecule has 1 unspecified atom stereocenters. The second kappa shape index (κ2) is 5.17. The van der Waals surface area contributed by atoms with Gasteiger partial charge in [-0.05, 0) is 66.2 Å². The highest BCUT2D eigenvalue weighted by molar-refractivity contribution is 9.10. The summed E-state index contributed by atoms with van der Waals surface area (Å²) in [6.45, 7) is 5.66. The van der Waals surface area contributed by atoms with E-state index in [1.54, 1.807) is 0 Å². The van der Waals surface area contributed by atoms with Crippen LogP contribution in [0, 0.1) is 12.8 Å². The first kappa shape index (κ1) is 12.4. The lowest BCUT2D eigenvalue weighted by Gasteiger charge is -2.15. The molecule has 1 aliphatic heterocycles. The van der Waals surface area contributed by atoms with Crippen LogP contribution in [-0.2, 0) is 0 Å². The van der Waals surface area contributed by atoms with Crippen molar-refractivity contribution in [1.29, 1.82) is 0 Å². The summed E-state index contributed by atoms with van der Waals surface area (Å²) in [5.41, 5.74) is 1.19. The van der Waals surface area contributed by atoms with E-state index in [0.29, 0.717) is 0 Å². The van der Waals surface area contributed by atoms with Crippen molar-refractivity contribution in [3.8, 4) is 0 Å². The molecule has 3 rings (SSSR count). The van der Waals surface area contributed by atoms with Gasteiger partial charge in [-0.2, -0.15) is 0 Å². The molecule has 2 heterocycles. The van der Waals surface area contributed by atoms with Crippen LogP contribution < -0.4 is 5.32 Å². The van der Waals surface area contributed by atoms with Crippen LogP contribution in [0.5, 0.6) is 0 Å². The Labute approximate surface area is 117 Å². The lowest BCUT2D eigenvalue weighted by atomic mass is 10.1. The topological polar surface area (TPSA) is 28.2 Å². The van der Waals surface area contributed by atoms with E-state index < -0.39 is 0 Å². The van der Waals surface area contributed by atoms with E-state index in [1.165, 1.54) is 37.9 Å². The van der Waals surface area contributed by atoms with Crippen molar-refractivity contribution >= 4 is 21.7 Å². The second-order valence-electron chi connectivity index (χ2n) is 5.60. The van der Waals surface area contributed by atoms with Crippen molar-refractivity contribution in [3.05, 3.63) is 22.3 Å². The lowest BCUT2D eigenvalue weighted by molar-refractivity contribution is 0.316. The van der Waals surface area contributed by atoms with Crippen LogP contribution >= 0.6 is 15.9 Å². The largest absolute Gasteiger partial charge is 0.369 e. The Morgan fingerprint density at radius 2 is 2.28 bits per heavy atom. The Bertz CT molecular complexity index is 431. The van der Waals surface area contributed by atoms with Gasteiger partial charge in [-0.3, -0.25) is 0 Å². The van der Waals surface area contributed by atoms with Crippen LogP contribution in [0.2, 0.25) is 0 Å². The van der Waals surface area contributed by atoms with Crippen molar-refractivity contribution in [2.24, 2.45) is 5.92 Å². The Morgan fingerprint density at radius 1 is 1.44 bits per heavy atom. The highest BCUT2D eigenvalue weighted by Gasteiger charge is 2.34. The third-order valence-electron chi connectivity index (χ3n) is 3.92. The molecular formula is C14H20BrN3.